The topological polar surface area (TPSA) is 115 Å². The van der Waals surface area contributed by atoms with Crippen molar-refractivity contribution in [3.63, 3.8) is 0 Å². The van der Waals surface area contributed by atoms with Gasteiger partial charge in [0.15, 0.2) is 0 Å². The second-order valence-electron chi connectivity index (χ2n) is 7.74. The molecule has 2 aromatic heterocycles. The van der Waals surface area contributed by atoms with E-state index in [4.69, 9.17) is 0 Å². The predicted molar refractivity (Wildman–Crippen MR) is 109 cm³/mol. The number of aromatic nitrogens is 3. The SMILES string of the molecule is CC(=O)NCC(=O)NCC1CCC(c2ccc3c(=O)n(C)c(=O)n(C)c3n2)CC1. The Bertz CT molecular complexity index is 1050. The van der Waals surface area contributed by atoms with Crippen LogP contribution < -0.4 is 21.9 Å². The summed E-state index contributed by atoms with van der Waals surface area (Å²) in [5, 5.41) is 5.79. The second-order valence-corrected chi connectivity index (χ2v) is 7.74. The van der Waals surface area contributed by atoms with Crippen LogP contribution in [0.25, 0.3) is 11.0 Å². The number of nitrogens with zero attached hydrogens (tertiary/aromatic N) is 3. The van der Waals surface area contributed by atoms with Gasteiger partial charge in [-0.25, -0.2) is 9.78 Å². The molecule has 0 saturated heterocycles. The van der Waals surface area contributed by atoms with Crippen LogP contribution in [0.15, 0.2) is 21.7 Å². The third kappa shape index (κ3) is 4.55. The van der Waals surface area contributed by atoms with E-state index in [0.717, 1.165) is 35.9 Å². The van der Waals surface area contributed by atoms with Crippen LogP contribution in [0.4, 0.5) is 0 Å². The largest absolute Gasteiger partial charge is 0.354 e. The highest BCUT2D eigenvalue weighted by atomic mass is 16.2. The van der Waals surface area contributed by atoms with Crippen molar-refractivity contribution in [2.24, 2.45) is 20.0 Å². The molecule has 2 heterocycles. The summed E-state index contributed by atoms with van der Waals surface area (Å²) in [6.07, 6.45) is 3.79. The average molecular weight is 401 g/mol. The van der Waals surface area contributed by atoms with Gasteiger partial charge in [0.05, 0.1) is 11.9 Å². The summed E-state index contributed by atoms with van der Waals surface area (Å²) in [6, 6.07) is 3.64. The molecule has 29 heavy (non-hydrogen) atoms. The van der Waals surface area contributed by atoms with Gasteiger partial charge in [-0.15, -0.1) is 0 Å². The summed E-state index contributed by atoms with van der Waals surface area (Å²) in [5.74, 6) is 0.259. The Labute approximate surface area is 168 Å². The van der Waals surface area contributed by atoms with Crippen LogP contribution >= 0.6 is 0 Å². The monoisotopic (exact) mass is 401 g/mol. The summed E-state index contributed by atoms with van der Waals surface area (Å²) in [5.41, 5.74) is 0.601. The van der Waals surface area contributed by atoms with Crippen LogP contribution in [0.5, 0.6) is 0 Å². The number of pyridine rings is 1. The molecular formula is C20H27N5O4. The summed E-state index contributed by atoms with van der Waals surface area (Å²) < 4.78 is 2.51. The lowest BCUT2D eigenvalue weighted by Crippen LogP contribution is -2.38. The fourth-order valence-corrected chi connectivity index (χ4v) is 3.88. The van der Waals surface area contributed by atoms with Crippen LogP contribution in [0.2, 0.25) is 0 Å². The van der Waals surface area contributed by atoms with Crippen LogP contribution in [-0.4, -0.2) is 39.0 Å². The lowest BCUT2D eigenvalue weighted by molar-refractivity contribution is -0.125. The van der Waals surface area contributed by atoms with Gasteiger partial charge in [0.1, 0.15) is 5.65 Å². The molecule has 0 bridgehead atoms. The zero-order valence-electron chi connectivity index (χ0n) is 17.0. The first-order valence-electron chi connectivity index (χ1n) is 9.85. The van der Waals surface area contributed by atoms with Crippen LogP contribution in [0.1, 0.15) is 44.2 Å². The summed E-state index contributed by atoms with van der Waals surface area (Å²) in [4.78, 5) is 51.7. The quantitative estimate of drug-likeness (QED) is 0.741. The van der Waals surface area contributed by atoms with E-state index in [1.807, 2.05) is 6.07 Å². The number of carbonyl (C=O) groups excluding carboxylic acids is 2. The minimum absolute atomic E-state index is 0.00384. The molecule has 156 valence electrons. The van der Waals surface area contributed by atoms with Crippen molar-refractivity contribution in [3.05, 3.63) is 38.7 Å². The van der Waals surface area contributed by atoms with Crippen molar-refractivity contribution >= 4 is 22.8 Å². The molecule has 1 aliphatic carbocycles. The summed E-state index contributed by atoms with van der Waals surface area (Å²) in [6.45, 7) is 1.98. The van der Waals surface area contributed by atoms with E-state index in [9.17, 15) is 19.2 Å². The highest BCUT2D eigenvalue weighted by molar-refractivity contribution is 5.83. The number of amides is 2. The van der Waals surface area contributed by atoms with Gasteiger partial charge in [0.25, 0.3) is 5.56 Å². The van der Waals surface area contributed by atoms with Crippen LogP contribution in [0, 0.1) is 5.92 Å². The van der Waals surface area contributed by atoms with Gasteiger partial charge >= 0.3 is 5.69 Å². The van der Waals surface area contributed by atoms with Crippen molar-refractivity contribution in [1.82, 2.24) is 24.8 Å². The number of rotatable bonds is 5. The fourth-order valence-electron chi connectivity index (χ4n) is 3.88. The summed E-state index contributed by atoms with van der Waals surface area (Å²) in [7, 11) is 3.09. The van der Waals surface area contributed by atoms with E-state index >= 15 is 0 Å². The standard InChI is InChI=1S/C20H27N5O4/c1-12(26)21-11-17(27)22-10-13-4-6-14(7-5-13)16-9-8-15-18(23-16)24(2)20(29)25(3)19(15)28/h8-9,13-14H,4-7,10-11H2,1-3H3,(H,21,26)(H,22,27). The first-order valence-corrected chi connectivity index (χ1v) is 9.85. The maximum atomic E-state index is 12.3. The summed E-state index contributed by atoms with van der Waals surface area (Å²) >= 11 is 0. The number of nitrogens with one attached hydrogen (secondary N) is 2. The molecule has 9 heteroatoms. The van der Waals surface area contributed by atoms with Gasteiger partial charge in [-0.3, -0.25) is 23.5 Å². The Hall–Kier alpha value is -2.97. The lowest BCUT2D eigenvalue weighted by Gasteiger charge is -2.28. The van der Waals surface area contributed by atoms with E-state index in [-0.39, 0.29) is 35.5 Å². The molecule has 0 aromatic carbocycles. The zero-order chi connectivity index (χ0) is 21.1. The fraction of sp³-hybridized carbons (Fsp3) is 0.550. The molecule has 0 atom stereocenters. The molecule has 9 nitrogen and oxygen atoms in total. The molecule has 2 amide bonds. The second kappa shape index (κ2) is 8.59. The Morgan fingerprint density at radius 3 is 2.41 bits per heavy atom. The van der Waals surface area contributed by atoms with Gasteiger partial charge in [-0.2, -0.15) is 0 Å². The smallest absolute Gasteiger partial charge is 0.332 e. The van der Waals surface area contributed by atoms with E-state index in [0.29, 0.717) is 23.5 Å². The molecule has 0 radical (unpaired) electrons. The number of hydrogen-bond acceptors (Lipinski definition) is 5. The third-order valence-electron chi connectivity index (χ3n) is 5.67. The van der Waals surface area contributed by atoms with Gasteiger partial charge in [0.2, 0.25) is 11.8 Å². The molecule has 2 N–H and O–H groups in total. The van der Waals surface area contributed by atoms with E-state index in [1.165, 1.54) is 18.5 Å². The van der Waals surface area contributed by atoms with Crippen molar-refractivity contribution in [1.29, 1.82) is 0 Å². The van der Waals surface area contributed by atoms with Gasteiger partial charge < -0.3 is 10.6 Å². The first-order chi connectivity index (χ1) is 13.8. The first kappa shape index (κ1) is 20.8. The lowest BCUT2D eigenvalue weighted by atomic mass is 9.80. The Morgan fingerprint density at radius 1 is 1.07 bits per heavy atom. The minimum atomic E-state index is -0.383. The molecule has 1 saturated carbocycles. The maximum Gasteiger partial charge on any atom is 0.332 e. The molecular weight excluding hydrogens is 374 g/mol. The van der Waals surface area contributed by atoms with Crippen molar-refractivity contribution in [3.8, 4) is 0 Å². The van der Waals surface area contributed by atoms with Crippen molar-refractivity contribution < 1.29 is 9.59 Å². The van der Waals surface area contributed by atoms with Crippen molar-refractivity contribution in [2.45, 2.75) is 38.5 Å². The van der Waals surface area contributed by atoms with E-state index in [2.05, 4.69) is 15.6 Å². The van der Waals surface area contributed by atoms with Crippen LogP contribution in [0.3, 0.4) is 0 Å². The van der Waals surface area contributed by atoms with Gasteiger partial charge in [-0.1, -0.05) is 0 Å². The molecule has 3 rings (SSSR count). The molecule has 0 unspecified atom stereocenters. The van der Waals surface area contributed by atoms with Gasteiger partial charge in [-0.05, 0) is 43.7 Å². The Morgan fingerprint density at radius 2 is 1.76 bits per heavy atom. The minimum Gasteiger partial charge on any atom is -0.354 e. The van der Waals surface area contributed by atoms with Crippen molar-refractivity contribution in [2.75, 3.05) is 13.1 Å². The molecule has 1 aliphatic rings. The zero-order valence-corrected chi connectivity index (χ0v) is 17.0. The van der Waals surface area contributed by atoms with Gasteiger partial charge in [0, 0.05) is 39.2 Å². The highest BCUT2D eigenvalue weighted by Gasteiger charge is 2.24. The average Bonchev–Trinajstić information content (AvgIpc) is 2.73. The number of hydrogen-bond donors (Lipinski definition) is 2. The Kier molecular flexibility index (Phi) is 6.14. The Balaban J connectivity index is 1.63. The molecule has 2 aromatic rings. The number of fused-ring (bicyclic) bond motifs is 1. The molecule has 0 spiro atoms. The maximum absolute atomic E-state index is 12.3. The normalized spacial score (nSPS) is 19.1. The molecule has 1 fully saturated rings. The van der Waals surface area contributed by atoms with E-state index in [1.54, 1.807) is 13.1 Å². The van der Waals surface area contributed by atoms with E-state index < -0.39 is 0 Å². The predicted octanol–water partition coefficient (Wildman–Crippen LogP) is 0.158. The number of carbonyl (C=O) groups is 2. The van der Waals surface area contributed by atoms with Crippen LogP contribution in [-0.2, 0) is 23.7 Å². The molecule has 0 aliphatic heterocycles. The number of aryl methyl sites for hydroxylation is 1. The third-order valence-corrected chi connectivity index (χ3v) is 5.67. The highest BCUT2D eigenvalue weighted by Crippen LogP contribution is 2.35.